The zero-order chi connectivity index (χ0) is 85.4. The lowest BCUT2D eigenvalue weighted by Crippen LogP contribution is -2.45. The first-order valence-corrected chi connectivity index (χ1v) is 44.2. The summed E-state index contributed by atoms with van der Waals surface area (Å²) < 4.78 is 43.0. The fourth-order valence-corrected chi connectivity index (χ4v) is 18.1. The first kappa shape index (κ1) is 89.8. The third-order valence-corrected chi connectivity index (χ3v) is 23.3. The third-order valence-electron chi connectivity index (χ3n) is 23.3. The van der Waals surface area contributed by atoms with Crippen LogP contribution in [0, 0.1) is 0 Å². The summed E-state index contributed by atoms with van der Waals surface area (Å²) in [5, 5.41) is 42.7. The number of alkyl carbamates (subject to hydrolysis) is 3. The smallest absolute Gasteiger partial charge is 0.407 e. The zero-order valence-electron chi connectivity index (χ0n) is 71.6. The Morgan fingerprint density at radius 1 is 0.417 bits per heavy atom. The van der Waals surface area contributed by atoms with Gasteiger partial charge < -0.3 is 74.2 Å². The van der Waals surface area contributed by atoms with Crippen LogP contribution in [0.15, 0.2) is 60.7 Å². The molecule has 0 aromatic heterocycles. The van der Waals surface area contributed by atoms with Crippen molar-refractivity contribution in [3.8, 4) is 28.7 Å². The molecule has 0 atom stereocenters. The number of aromatic carboxylic acids is 3. The SMILES string of the molecule is CCCCCC(=O)OCC.CCCCNC(=O)OCC.CCCCNC(=O)OCC.CCCCNC(=O)OCC.O=C(O)c1ccc(C2=c3cc4c5c(c3Oc3c2cc2c6c3CCCN6CCC2)CCC[N+]=5CCC4)c(C(=O)O)c1.O=COc1ccc(C(=O)O)c(C2=c3cc4c5c(c3Oc3c2cc2c6c3CCCN6CCC2)CCC[N+]=5CCC4)c1. The molecule has 10 heterocycles. The standard InChI is InChI=1S/2C33H30N2O5.C8H16O2.3C7H15NO2/c36-18-39-21-9-10-22(33(37)38)25(17-21)28-26-15-19-5-1-11-34-13-3-7-23(29(19)34)31(26)40-32-24-8-4-14-35-12-2-6-20(30(24)35)16-27(28)32;36-32(37)20-9-10-21(24(17-20)33(38)39)27-25-15-18-5-1-11-34-13-3-7-22(28(18)34)30(25)40-31-23-8-4-14-35-12-2-6-19(29(23)35)16-26(27)31;1-3-5-6-7-8(9)10-4-2;3*1-3-5-6-8-7(9)10-4-2/h9-10,15-18H,1-8,11-14H2;9-10,15-17H,1-8,11-14H2,(H-,36,37,38,39);3-7H2,1-2H3;3*3-6H2,1-2H3,(H,8,9)/p+2. The molecule has 25 nitrogen and oxygen atoms in total. The first-order chi connectivity index (χ1) is 58.3. The maximum absolute atomic E-state index is 12.6. The number of rotatable bonds is 24. The van der Waals surface area contributed by atoms with Gasteiger partial charge in [0.1, 0.15) is 54.9 Å². The number of carbonyl (C=O) groups excluding carboxylic acids is 5. The van der Waals surface area contributed by atoms with E-state index in [4.69, 9.17) is 18.9 Å². The van der Waals surface area contributed by atoms with E-state index in [9.17, 15) is 53.7 Å². The molecule has 644 valence electrons. The minimum absolute atomic E-state index is 0.00897. The van der Waals surface area contributed by atoms with Gasteiger partial charge in [0.15, 0.2) is 0 Å². The van der Waals surface area contributed by atoms with Gasteiger partial charge in [0.05, 0.1) is 54.2 Å². The normalized spacial score (nSPS) is 15.2. The van der Waals surface area contributed by atoms with Crippen molar-refractivity contribution in [3.05, 3.63) is 165 Å². The summed E-state index contributed by atoms with van der Waals surface area (Å²) in [4.78, 5) is 95.8. The minimum Gasteiger partial charge on any atom is -0.478 e. The van der Waals surface area contributed by atoms with Gasteiger partial charge in [0, 0.05) is 150 Å². The Labute approximate surface area is 704 Å². The molecule has 0 aliphatic carbocycles. The molecule has 0 fully saturated rings. The number of esters is 1. The van der Waals surface area contributed by atoms with Crippen LogP contribution >= 0.6 is 0 Å². The fourth-order valence-electron chi connectivity index (χ4n) is 18.1. The maximum atomic E-state index is 12.6. The van der Waals surface area contributed by atoms with Crippen LogP contribution in [0.1, 0.15) is 269 Å². The summed E-state index contributed by atoms with van der Waals surface area (Å²) >= 11 is 0. The molecule has 3 amide bonds. The number of ether oxygens (including phenoxy) is 7. The van der Waals surface area contributed by atoms with E-state index in [1.54, 1.807) is 45.0 Å². The second kappa shape index (κ2) is 43.8. The molecule has 6 N–H and O–H groups in total. The lowest BCUT2D eigenvalue weighted by molar-refractivity contribution is -0.143. The molecule has 120 heavy (non-hydrogen) atoms. The summed E-state index contributed by atoms with van der Waals surface area (Å²) in [5.74, 6) is 0.450. The van der Waals surface area contributed by atoms with Crippen LogP contribution in [0.25, 0.3) is 11.1 Å². The van der Waals surface area contributed by atoms with Crippen LogP contribution in [0.4, 0.5) is 25.8 Å². The number of unbranched alkanes of at least 4 members (excludes halogenated alkanes) is 5. The molecule has 0 radical (unpaired) electrons. The van der Waals surface area contributed by atoms with Crippen molar-refractivity contribution >= 4 is 71.2 Å². The van der Waals surface area contributed by atoms with Crippen molar-refractivity contribution in [2.24, 2.45) is 0 Å². The predicted molar refractivity (Wildman–Crippen MR) is 462 cm³/mol. The van der Waals surface area contributed by atoms with Crippen LogP contribution in [0.3, 0.4) is 0 Å². The molecule has 0 bridgehead atoms. The van der Waals surface area contributed by atoms with Crippen molar-refractivity contribution in [2.45, 2.75) is 222 Å². The molecule has 0 spiro atoms. The highest BCUT2D eigenvalue weighted by atomic mass is 16.6. The van der Waals surface area contributed by atoms with Gasteiger partial charge in [0.25, 0.3) is 6.47 Å². The molecule has 16 rings (SSSR count). The van der Waals surface area contributed by atoms with Gasteiger partial charge in [-0.2, -0.15) is 0 Å². The zero-order valence-corrected chi connectivity index (χ0v) is 71.6. The lowest BCUT2D eigenvalue weighted by atomic mass is 9.81. The largest absolute Gasteiger partial charge is 0.478 e. The molecule has 10 aliphatic heterocycles. The molecule has 0 unspecified atom stereocenters. The van der Waals surface area contributed by atoms with Crippen molar-refractivity contribution in [1.82, 2.24) is 25.1 Å². The van der Waals surface area contributed by atoms with Gasteiger partial charge in [-0.25, -0.2) is 37.9 Å². The third kappa shape index (κ3) is 21.2. The number of aryl methyl sites for hydroxylation is 4. The summed E-state index contributed by atoms with van der Waals surface area (Å²) in [6.45, 7) is 28.4. The molecular formula is C95H123N7O18+2. The average molecular weight is 1650 g/mol. The Bertz CT molecular complexity index is 4940. The summed E-state index contributed by atoms with van der Waals surface area (Å²) in [6, 6.07) is 18.3. The van der Waals surface area contributed by atoms with E-state index in [0.29, 0.717) is 56.2 Å². The number of hydrogen-bond donors (Lipinski definition) is 6. The predicted octanol–water partition coefficient (Wildman–Crippen LogP) is 13.6. The highest BCUT2D eigenvalue weighted by Gasteiger charge is 2.40. The first-order valence-electron chi connectivity index (χ1n) is 44.2. The fraction of sp³-hybridized carbons (Fsp3) is 0.516. The van der Waals surface area contributed by atoms with Crippen molar-refractivity contribution in [3.63, 3.8) is 0 Å². The van der Waals surface area contributed by atoms with Crippen molar-refractivity contribution in [2.75, 3.05) is 108 Å². The number of nitrogens with one attached hydrogen (secondary N) is 3. The van der Waals surface area contributed by atoms with E-state index in [-0.39, 0.29) is 40.9 Å². The maximum Gasteiger partial charge on any atom is 0.407 e. The Kier molecular flexibility index (Phi) is 32.8. The summed E-state index contributed by atoms with van der Waals surface area (Å²) in [5.41, 5.74) is 17.7. The number of benzene rings is 6. The van der Waals surface area contributed by atoms with Crippen LogP contribution in [-0.4, -0.2) is 162 Å². The van der Waals surface area contributed by atoms with Gasteiger partial charge >= 0.3 is 42.2 Å². The number of hydrogen-bond acceptors (Lipinski definition) is 17. The molecular weight excluding hydrogens is 1530 g/mol. The van der Waals surface area contributed by atoms with E-state index in [1.165, 1.54) is 78.7 Å². The second-order valence-electron chi connectivity index (χ2n) is 31.6. The average Bonchev–Trinajstić information content (AvgIpc) is 0.713. The Morgan fingerprint density at radius 2 is 0.833 bits per heavy atom. The Morgan fingerprint density at radius 3 is 1.25 bits per heavy atom. The number of carboxylic acid groups (broad SMARTS) is 3. The highest BCUT2D eigenvalue weighted by molar-refractivity contribution is 6.02. The number of carbonyl (C=O) groups is 8. The monoisotopic (exact) mass is 1650 g/mol. The Balaban J connectivity index is 0.000000163. The summed E-state index contributed by atoms with van der Waals surface area (Å²) in [7, 11) is 0. The van der Waals surface area contributed by atoms with E-state index < -0.39 is 17.9 Å². The quantitative estimate of drug-likeness (QED) is 0.0108. The van der Waals surface area contributed by atoms with Crippen LogP contribution in [0.2, 0.25) is 0 Å². The number of amides is 3. The minimum atomic E-state index is -1.14. The highest BCUT2D eigenvalue weighted by Crippen LogP contribution is 2.51. The number of fused-ring (bicyclic) bond motifs is 8. The van der Waals surface area contributed by atoms with Crippen molar-refractivity contribution in [1.29, 1.82) is 0 Å². The van der Waals surface area contributed by atoms with Gasteiger partial charge in [-0.3, -0.25) is 9.59 Å². The molecule has 6 aromatic carbocycles. The van der Waals surface area contributed by atoms with Gasteiger partial charge in [0.2, 0.25) is 10.7 Å². The van der Waals surface area contributed by atoms with E-state index in [0.717, 1.165) is 288 Å². The molecule has 6 aromatic rings. The Hall–Kier alpha value is -11.0. The van der Waals surface area contributed by atoms with Crippen LogP contribution < -0.4 is 70.3 Å². The van der Waals surface area contributed by atoms with Gasteiger partial charge in [-0.05, 0) is 202 Å². The molecule has 10 aliphatic rings. The van der Waals surface area contributed by atoms with E-state index in [2.05, 4.69) is 101 Å². The molecule has 25 heteroatoms. The lowest BCUT2D eigenvalue weighted by Gasteiger charge is -2.39. The topological polar surface area (TPSA) is 310 Å². The van der Waals surface area contributed by atoms with E-state index >= 15 is 0 Å². The van der Waals surface area contributed by atoms with Gasteiger partial charge in [-0.1, -0.05) is 65.9 Å². The number of anilines is 2. The van der Waals surface area contributed by atoms with Gasteiger partial charge in [-0.15, -0.1) is 0 Å². The molecule has 0 saturated heterocycles. The number of carboxylic acids is 3. The molecule has 0 saturated carbocycles. The van der Waals surface area contributed by atoms with Crippen LogP contribution in [0.5, 0.6) is 28.7 Å². The second-order valence-corrected chi connectivity index (χ2v) is 31.6. The van der Waals surface area contributed by atoms with E-state index in [1.807, 2.05) is 6.92 Å². The van der Waals surface area contributed by atoms with Crippen LogP contribution in [-0.2, 0) is 79.9 Å². The summed E-state index contributed by atoms with van der Waals surface area (Å²) in [6.07, 6.45) is 25.6. The van der Waals surface area contributed by atoms with Crippen molar-refractivity contribution < 1.29 is 86.8 Å². The number of nitrogens with zero attached hydrogens (tertiary/aromatic N) is 4.